The van der Waals surface area contributed by atoms with Crippen LogP contribution in [-0.2, 0) is 11.2 Å². The minimum atomic E-state index is -1.11. The van der Waals surface area contributed by atoms with Crippen LogP contribution in [-0.4, -0.2) is 33.1 Å². The van der Waals surface area contributed by atoms with Crippen molar-refractivity contribution in [3.8, 4) is 5.75 Å². The summed E-state index contributed by atoms with van der Waals surface area (Å²) in [7, 11) is 0. The molecule has 0 aliphatic rings. The molecule has 1 heterocycles. The molecule has 0 saturated heterocycles. The fourth-order valence-corrected chi connectivity index (χ4v) is 2.44. The zero-order valence-corrected chi connectivity index (χ0v) is 12.1. The number of carboxylic acid groups (broad SMARTS) is 1. The fraction of sp³-hybridized carbons (Fsp3) is 0.214. The highest BCUT2D eigenvalue weighted by molar-refractivity contribution is 7.13. The molecular weight excluding hydrogens is 292 g/mol. The van der Waals surface area contributed by atoms with Crippen LogP contribution in [0.4, 0.5) is 0 Å². The summed E-state index contributed by atoms with van der Waals surface area (Å²) in [6, 6.07) is 5.15. The van der Waals surface area contributed by atoms with Crippen molar-refractivity contribution < 1.29 is 19.8 Å². The normalized spacial score (nSPS) is 11.9. The van der Waals surface area contributed by atoms with Gasteiger partial charge in [0.05, 0.1) is 11.2 Å². The van der Waals surface area contributed by atoms with Gasteiger partial charge in [0, 0.05) is 6.42 Å². The Morgan fingerprint density at radius 3 is 2.52 bits per heavy atom. The standard InChI is InChI=1S/C14H14N2O4S/c1-8-15-7-12(21-8)13(18)16-11(14(19)20)6-9-2-4-10(17)5-3-9/h2-5,7,11,17H,6H2,1H3,(H,16,18)(H,19,20). The maximum absolute atomic E-state index is 12.0. The van der Waals surface area contributed by atoms with E-state index in [4.69, 9.17) is 0 Å². The predicted molar refractivity (Wildman–Crippen MR) is 77.6 cm³/mol. The Morgan fingerprint density at radius 1 is 1.33 bits per heavy atom. The maximum atomic E-state index is 12.0. The van der Waals surface area contributed by atoms with E-state index in [1.165, 1.54) is 29.7 Å². The van der Waals surface area contributed by atoms with Gasteiger partial charge < -0.3 is 15.5 Å². The number of aromatic nitrogens is 1. The molecule has 0 aliphatic carbocycles. The second-order valence-electron chi connectivity index (χ2n) is 4.48. The molecule has 0 fully saturated rings. The Kier molecular flexibility index (Phi) is 4.54. The highest BCUT2D eigenvalue weighted by atomic mass is 32.1. The average molecular weight is 306 g/mol. The van der Waals surface area contributed by atoms with Crippen LogP contribution in [0.3, 0.4) is 0 Å². The average Bonchev–Trinajstić information content (AvgIpc) is 2.87. The third-order valence-corrected chi connectivity index (χ3v) is 3.74. The summed E-state index contributed by atoms with van der Waals surface area (Å²) >= 11 is 1.21. The molecule has 0 radical (unpaired) electrons. The van der Waals surface area contributed by atoms with Crippen molar-refractivity contribution in [2.45, 2.75) is 19.4 Å². The number of thiazole rings is 1. The Balaban J connectivity index is 2.07. The van der Waals surface area contributed by atoms with Gasteiger partial charge in [0.2, 0.25) is 0 Å². The molecule has 2 aromatic rings. The fourth-order valence-electron chi connectivity index (χ4n) is 1.76. The highest BCUT2D eigenvalue weighted by Gasteiger charge is 2.22. The molecule has 1 aromatic carbocycles. The third kappa shape index (κ3) is 4.03. The van der Waals surface area contributed by atoms with Crippen molar-refractivity contribution in [3.05, 3.63) is 45.9 Å². The van der Waals surface area contributed by atoms with Gasteiger partial charge in [-0.1, -0.05) is 12.1 Å². The van der Waals surface area contributed by atoms with Crippen LogP contribution < -0.4 is 5.32 Å². The van der Waals surface area contributed by atoms with E-state index in [2.05, 4.69) is 10.3 Å². The Morgan fingerprint density at radius 2 is 2.00 bits per heavy atom. The highest BCUT2D eigenvalue weighted by Crippen LogP contribution is 2.14. The van der Waals surface area contributed by atoms with Crippen molar-refractivity contribution in [2.75, 3.05) is 0 Å². The number of rotatable bonds is 5. The SMILES string of the molecule is Cc1ncc(C(=O)NC(Cc2ccc(O)cc2)C(=O)O)s1. The van der Waals surface area contributed by atoms with Crippen LogP contribution in [0.2, 0.25) is 0 Å². The smallest absolute Gasteiger partial charge is 0.326 e. The molecule has 3 N–H and O–H groups in total. The lowest BCUT2D eigenvalue weighted by atomic mass is 10.1. The van der Waals surface area contributed by atoms with Gasteiger partial charge in [-0.2, -0.15) is 0 Å². The molecule has 6 nitrogen and oxygen atoms in total. The van der Waals surface area contributed by atoms with E-state index in [-0.39, 0.29) is 12.2 Å². The van der Waals surface area contributed by atoms with Gasteiger partial charge >= 0.3 is 5.97 Å². The molecule has 0 saturated carbocycles. The van der Waals surface area contributed by atoms with Crippen LogP contribution in [0.5, 0.6) is 5.75 Å². The van der Waals surface area contributed by atoms with Crippen molar-refractivity contribution >= 4 is 23.2 Å². The molecule has 7 heteroatoms. The van der Waals surface area contributed by atoms with E-state index in [0.29, 0.717) is 10.4 Å². The second-order valence-corrected chi connectivity index (χ2v) is 5.71. The number of phenols is 1. The van der Waals surface area contributed by atoms with Crippen LogP contribution >= 0.6 is 11.3 Å². The summed E-state index contributed by atoms with van der Waals surface area (Å²) in [6.45, 7) is 1.77. The Bertz CT molecular complexity index is 651. The van der Waals surface area contributed by atoms with Gasteiger partial charge in [0.15, 0.2) is 0 Å². The number of hydrogen-bond acceptors (Lipinski definition) is 5. The van der Waals surface area contributed by atoms with E-state index in [0.717, 1.165) is 5.01 Å². The molecule has 0 aliphatic heterocycles. The molecule has 1 unspecified atom stereocenters. The molecule has 1 amide bonds. The van der Waals surface area contributed by atoms with Gasteiger partial charge in [0.25, 0.3) is 5.91 Å². The molecule has 0 spiro atoms. The van der Waals surface area contributed by atoms with E-state index in [1.54, 1.807) is 19.1 Å². The van der Waals surface area contributed by atoms with Gasteiger partial charge in [-0.05, 0) is 24.6 Å². The number of nitrogens with zero attached hydrogens (tertiary/aromatic N) is 1. The van der Waals surface area contributed by atoms with Crippen molar-refractivity contribution in [2.24, 2.45) is 0 Å². The van der Waals surface area contributed by atoms with Gasteiger partial charge in [-0.3, -0.25) is 4.79 Å². The van der Waals surface area contributed by atoms with E-state index < -0.39 is 17.9 Å². The Labute approximate surface area is 125 Å². The molecule has 110 valence electrons. The number of aliphatic carboxylic acids is 1. The summed E-state index contributed by atoms with van der Waals surface area (Å²) in [5.41, 5.74) is 0.709. The minimum absolute atomic E-state index is 0.106. The number of amides is 1. The quantitative estimate of drug-likeness (QED) is 0.779. The molecule has 0 bridgehead atoms. The molecule has 2 rings (SSSR count). The summed E-state index contributed by atoms with van der Waals surface area (Å²) < 4.78 is 0. The number of aryl methyl sites for hydroxylation is 1. The van der Waals surface area contributed by atoms with E-state index >= 15 is 0 Å². The van der Waals surface area contributed by atoms with Crippen LogP contribution in [0, 0.1) is 6.92 Å². The van der Waals surface area contributed by atoms with Crippen molar-refractivity contribution in [3.63, 3.8) is 0 Å². The molecular formula is C14H14N2O4S. The lowest BCUT2D eigenvalue weighted by Gasteiger charge is -2.14. The van der Waals surface area contributed by atoms with Gasteiger partial charge in [-0.25, -0.2) is 9.78 Å². The number of nitrogens with one attached hydrogen (secondary N) is 1. The van der Waals surface area contributed by atoms with Crippen molar-refractivity contribution in [1.82, 2.24) is 10.3 Å². The lowest BCUT2D eigenvalue weighted by molar-refractivity contribution is -0.139. The zero-order chi connectivity index (χ0) is 15.4. The largest absolute Gasteiger partial charge is 0.508 e. The first-order valence-corrected chi connectivity index (χ1v) is 7.01. The summed E-state index contributed by atoms with van der Waals surface area (Å²) in [5, 5.41) is 21.6. The summed E-state index contributed by atoms with van der Waals surface area (Å²) in [6.07, 6.45) is 1.56. The zero-order valence-electron chi connectivity index (χ0n) is 11.2. The first kappa shape index (κ1) is 15.0. The number of carboxylic acids is 1. The first-order valence-electron chi connectivity index (χ1n) is 6.19. The van der Waals surface area contributed by atoms with E-state index in [1.807, 2.05) is 0 Å². The summed E-state index contributed by atoms with van der Waals surface area (Å²) in [5.74, 6) is -1.46. The molecule has 1 aromatic heterocycles. The number of benzene rings is 1. The second kappa shape index (κ2) is 6.36. The number of carbonyl (C=O) groups excluding carboxylic acids is 1. The van der Waals surface area contributed by atoms with E-state index in [9.17, 15) is 19.8 Å². The molecule has 1 atom stereocenters. The van der Waals surface area contributed by atoms with Gasteiger partial charge in [0.1, 0.15) is 16.7 Å². The minimum Gasteiger partial charge on any atom is -0.508 e. The molecule has 21 heavy (non-hydrogen) atoms. The van der Waals surface area contributed by atoms with Crippen LogP contribution in [0.1, 0.15) is 20.2 Å². The van der Waals surface area contributed by atoms with Crippen LogP contribution in [0.15, 0.2) is 30.5 Å². The predicted octanol–water partition coefficient (Wildman–Crippen LogP) is 1.58. The topological polar surface area (TPSA) is 99.5 Å². The maximum Gasteiger partial charge on any atom is 0.326 e. The van der Waals surface area contributed by atoms with Gasteiger partial charge in [-0.15, -0.1) is 11.3 Å². The third-order valence-electron chi connectivity index (χ3n) is 2.82. The van der Waals surface area contributed by atoms with Crippen LogP contribution in [0.25, 0.3) is 0 Å². The number of carbonyl (C=O) groups is 2. The summed E-state index contributed by atoms with van der Waals surface area (Å²) in [4.78, 5) is 27.6. The number of hydrogen-bond donors (Lipinski definition) is 3. The monoisotopic (exact) mass is 306 g/mol. The lowest BCUT2D eigenvalue weighted by Crippen LogP contribution is -2.42. The van der Waals surface area contributed by atoms with Crippen molar-refractivity contribution in [1.29, 1.82) is 0 Å². The number of phenolic OH excluding ortho intramolecular Hbond substituents is 1. The number of aromatic hydroxyl groups is 1. The first-order chi connectivity index (χ1) is 9.95. The Hall–Kier alpha value is -2.41.